The van der Waals surface area contributed by atoms with Gasteiger partial charge >= 0.3 is 0 Å². The fraction of sp³-hybridized carbons (Fsp3) is 0.429. The number of hydrogen-bond donors (Lipinski definition) is 2. The molecule has 0 saturated heterocycles. The highest BCUT2D eigenvalue weighted by Crippen LogP contribution is 2.36. The Morgan fingerprint density at radius 3 is 2.76 bits per heavy atom. The number of nitrogens with zero attached hydrogens (tertiary/aromatic N) is 4. The van der Waals surface area contributed by atoms with E-state index in [0.29, 0.717) is 29.9 Å². The SMILES string of the molecule is Cc1ncnc2c1ccn2[C@@H]1C[C@H](Oc2ccc(F)cc2CN(C)C)[C@@H](O)[C@H]1O. The lowest BCUT2D eigenvalue weighted by Gasteiger charge is -2.21. The molecule has 8 heteroatoms. The van der Waals surface area contributed by atoms with Crippen LogP contribution in [0.5, 0.6) is 5.75 Å². The van der Waals surface area contributed by atoms with Crippen molar-refractivity contribution in [3.8, 4) is 5.75 Å². The second-order valence-corrected chi connectivity index (χ2v) is 7.85. The van der Waals surface area contributed by atoms with Crippen LogP contribution in [0.15, 0.2) is 36.8 Å². The first-order valence-electron chi connectivity index (χ1n) is 9.59. The maximum atomic E-state index is 13.7. The van der Waals surface area contributed by atoms with Crippen LogP contribution in [-0.4, -0.2) is 62.1 Å². The lowest BCUT2D eigenvalue weighted by molar-refractivity contribution is -0.0167. The van der Waals surface area contributed by atoms with Gasteiger partial charge in [-0.15, -0.1) is 0 Å². The molecule has 4 atom stereocenters. The molecule has 1 saturated carbocycles. The predicted octanol–water partition coefficient (Wildman–Crippen LogP) is 2.05. The van der Waals surface area contributed by atoms with Crippen molar-refractivity contribution < 1.29 is 19.3 Å². The molecule has 1 aromatic carbocycles. The first-order chi connectivity index (χ1) is 13.8. The topological polar surface area (TPSA) is 83.6 Å². The number of hydrogen-bond acceptors (Lipinski definition) is 6. The van der Waals surface area contributed by atoms with E-state index in [1.54, 1.807) is 6.07 Å². The Kier molecular flexibility index (Phi) is 5.24. The molecule has 0 amide bonds. The van der Waals surface area contributed by atoms with Crippen molar-refractivity contribution in [2.45, 2.75) is 44.2 Å². The highest BCUT2D eigenvalue weighted by atomic mass is 19.1. The Balaban J connectivity index is 1.60. The molecular weight excluding hydrogens is 375 g/mol. The van der Waals surface area contributed by atoms with E-state index in [0.717, 1.165) is 11.1 Å². The summed E-state index contributed by atoms with van der Waals surface area (Å²) in [6.45, 7) is 2.40. The summed E-state index contributed by atoms with van der Waals surface area (Å²) in [7, 11) is 3.78. The fourth-order valence-corrected chi connectivity index (χ4v) is 4.02. The Hall–Kier alpha value is -2.55. The summed E-state index contributed by atoms with van der Waals surface area (Å²) in [5, 5.41) is 22.2. The number of aryl methyl sites for hydroxylation is 1. The molecule has 0 aliphatic heterocycles. The normalized spacial score (nSPS) is 24.5. The minimum atomic E-state index is -1.07. The number of fused-ring (bicyclic) bond motifs is 1. The van der Waals surface area contributed by atoms with Crippen LogP contribution in [-0.2, 0) is 6.54 Å². The second-order valence-electron chi connectivity index (χ2n) is 7.85. The van der Waals surface area contributed by atoms with E-state index >= 15 is 0 Å². The minimum absolute atomic E-state index is 0.340. The van der Waals surface area contributed by atoms with Gasteiger partial charge in [0.1, 0.15) is 41.9 Å². The maximum Gasteiger partial charge on any atom is 0.143 e. The van der Waals surface area contributed by atoms with Crippen LogP contribution in [0.1, 0.15) is 23.7 Å². The molecule has 0 bridgehead atoms. The monoisotopic (exact) mass is 400 g/mol. The summed E-state index contributed by atoms with van der Waals surface area (Å²) in [6.07, 6.45) is 1.04. The van der Waals surface area contributed by atoms with Crippen LogP contribution in [0.2, 0.25) is 0 Å². The molecular formula is C21H25FN4O3. The Bertz CT molecular complexity index is 1020. The average molecular weight is 400 g/mol. The molecule has 0 unspecified atom stereocenters. The highest BCUT2D eigenvalue weighted by Gasteiger charge is 2.44. The van der Waals surface area contributed by atoms with Gasteiger partial charge in [0.15, 0.2) is 0 Å². The zero-order chi connectivity index (χ0) is 20.7. The van der Waals surface area contributed by atoms with Crippen molar-refractivity contribution in [1.82, 2.24) is 19.4 Å². The Morgan fingerprint density at radius 2 is 2.00 bits per heavy atom. The van der Waals surface area contributed by atoms with Gasteiger partial charge in [-0.1, -0.05) is 0 Å². The fourth-order valence-electron chi connectivity index (χ4n) is 4.02. The summed E-state index contributed by atoms with van der Waals surface area (Å²) in [6, 6.07) is 5.86. The molecule has 2 N–H and O–H groups in total. The highest BCUT2D eigenvalue weighted by molar-refractivity contribution is 5.78. The van der Waals surface area contributed by atoms with Gasteiger partial charge in [0.25, 0.3) is 0 Å². The smallest absolute Gasteiger partial charge is 0.143 e. The van der Waals surface area contributed by atoms with Crippen molar-refractivity contribution in [1.29, 1.82) is 0 Å². The first kappa shape index (κ1) is 19.8. The summed E-state index contributed by atoms with van der Waals surface area (Å²) in [4.78, 5) is 10.5. The lowest BCUT2D eigenvalue weighted by atomic mass is 10.1. The van der Waals surface area contributed by atoms with E-state index in [-0.39, 0.29) is 11.9 Å². The third-order valence-electron chi connectivity index (χ3n) is 5.45. The molecule has 2 heterocycles. The summed E-state index contributed by atoms with van der Waals surface area (Å²) < 4.78 is 21.6. The van der Waals surface area contributed by atoms with E-state index < -0.39 is 18.3 Å². The standard InChI is InChI=1S/C21H25FN4O3/c1-12-15-6-7-26(21(15)24-11-23-12)16-9-18(20(28)19(16)27)29-17-5-4-14(22)8-13(17)10-25(2)3/h4-8,11,16,18-20,27-28H,9-10H2,1-3H3/t16-,18+,19+,20-/m1/s1. The number of halogens is 1. The largest absolute Gasteiger partial charge is 0.487 e. The molecule has 29 heavy (non-hydrogen) atoms. The van der Waals surface area contributed by atoms with E-state index in [9.17, 15) is 14.6 Å². The van der Waals surface area contributed by atoms with Crippen molar-refractivity contribution in [2.75, 3.05) is 14.1 Å². The van der Waals surface area contributed by atoms with Crippen LogP contribution < -0.4 is 4.74 Å². The van der Waals surface area contributed by atoms with E-state index in [4.69, 9.17) is 4.74 Å². The van der Waals surface area contributed by atoms with Crippen molar-refractivity contribution in [2.24, 2.45) is 0 Å². The maximum absolute atomic E-state index is 13.7. The zero-order valence-corrected chi connectivity index (χ0v) is 16.7. The molecule has 1 aliphatic carbocycles. The Morgan fingerprint density at radius 1 is 1.21 bits per heavy atom. The number of benzene rings is 1. The number of aliphatic hydroxyl groups is 2. The summed E-state index contributed by atoms with van der Waals surface area (Å²) >= 11 is 0. The van der Waals surface area contributed by atoms with Crippen LogP contribution in [0, 0.1) is 12.7 Å². The lowest BCUT2D eigenvalue weighted by Crippen LogP contribution is -2.34. The average Bonchev–Trinajstić information content (AvgIpc) is 3.21. The van der Waals surface area contributed by atoms with Crippen molar-refractivity contribution in [3.05, 3.63) is 53.9 Å². The van der Waals surface area contributed by atoms with Crippen LogP contribution in [0.4, 0.5) is 4.39 Å². The molecule has 3 aromatic rings. The molecule has 7 nitrogen and oxygen atoms in total. The van der Waals surface area contributed by atoms with Gasteiger partial charge in [-0.2, -0.15) is 0 Å². The third-order valence-corrected chi connectivity index (χ3v) is 5.45. The molecule has 1 fully saturated rings. The molecule has 0 spiro atoms. The third kappa shape index (κ3) is 3.71. The first-order valence-corrected chi connectivity index (χ1v) is 9.59. The molecule has 4 rings (SSSR count). The van der Waals surface area contributed by atoms with Gasteiger partial charge < -0.3 is 24.4 Å². The summed E-state index contributed by atoms with van der Waals surface area (Å²) in [5.74, 6) is 0.167. The van der Waals surface area contributed by atoms with Gasteiger partial charge in [-0.05, 0) is 45.3 Å². The zero-order valence-electron chi connectivity index (χ0n) is 16.7. The van der Waals surface area contributed by atoms with Crippen LogP contribution in [0.3, 0.4) is 0 Å². The minimum Gasteiger partial charge on any atom is -0.487 e. The molecule has 0 radical (unpaired) electrons. The predicted molar refractivity (Wildman–Crippen MR) is 106 cm³/mol. The van der Waals surface area contributed by atoms with E-state index in [2.05, 4.69) is 9.97 Å². The number of aliphatic hydroxyl groups excluding tert-OH is 2. The molecule has 1 aliphatic rings. The molecule has 154 valence electrons. The van der Waals surface area contributed by atoms with E-state index in [1.807, 2.05) is 42.7 Å². The quantitative estimate of drug-likeness (QED) is 0.682. The number of ether oxygens (including phenoxy) is 1. The van der Waals surface area contributed by atoms with Crippen molar-refractivity contribution in [3.63, 3.8) is 0 Å². The molecule has 2 aromatic heterocycles. The van der Waals surface area contributed by atoms with Gasteiger partial charge in [-0.25, -0.2) is 14.4 Å². The van der Waals surface area contributed by atoms with Crippen LogP contribution in [0.25, 0.3) is 11.0 Å². The van der Waals surface area contributed by atoms with Crippen LogP contribution >= 0.6 is 0 Å². The Labute approximate surface area is 168 Å². The van der Waals surface area contributed by atoms with Gasteiger partial charge in [0.05, 0.1) is 11.7 Å². The van der Waals surface area contributed by atoms with Crippen molar-refractivity contribution >= 4 is 11.0 Å². The van der Waals surface area contributed by atoms with Gasteiger partial charge in [0.2, 0.25) is 0 Å². The second kappa shape index (κ2) is 7.70. The van der Waals surface area contributed by atoms with Gasteiger partial charge in [-0.3, -0.25) is 0 Å². The number of aromatic nitrogens is 3. The van der Waals surface area contributed by atoms with E-state index in [1.165, 1.54) is 18.5 Å². The van der Waals surface area contributed by atoms with Gasteiger partial charge in [0, 0.05) is 30.1 Å². The number of rotatable bonds is 5. The summed E-state index contributed by atoms with van der Waals surface area (Å²) in [5.41, 5.74) is 2.26.